The van der Waals surface area contributed by atoms with E-state index in [0.29, 0.717) is 0 Å². The monoisotopic (exact) mass is 392 g/mol. The molecular formula is C20H26Cl2N4. The molecule has 0 amide bonds. The summed E-state index contributed by atoms with van der Waals surface area (Å²) in [5.74, 6) is 2.25. The van der Waals surface area contributed by atoms with Crippen molar-refractivity contribution in [1.29, 1.82) is 0 Å². The molecule has 0 saturated carbocycles. The van der Waals surface area contributed by atoms with Crippen LogP contribution in [-0.2, 0) is 12.8 Å². The summed E-state index contributed by atoms with van der Waals surface area (Å²) in [6.45, 7) is 3.87. The van der Waals surface area contributed by atoms with Crippen molar-refractivity contribution in [2.45, 2.75) is 12.8 Å². The van der Waals surface area contributed by atoms with Crippen molar-refractivity contribution in [2.24, 2.45) is 9.98 Å². The Labute approximate surface area is 168 Å². The van der Waals surface area contributed by atoms with Gasteiger partial charge in [0.25, 0.3) is 0 Å². The van der Waals surface area contributed by atoms with Crippen LogP contribution in [0.15, 0.2) is 70.6 Å². The minimum Gasteiger partial charge on any atom is -0.372 e. The highest BCUT2D eigenvalue weighted by Crippen LogP contribution is 2.02. The van der Waals surface area contributed by atoms with Gasteiger partial charge in [-0.25, -0.2) is 0 Å². The highest BCUT2D eigenvalue weighted by Gasteiger charge is 2.05. The molecule has 4 rings (SSSR count). The number of nitrogens with one attached hydrogen (secondary N) is 2. The number of benzene rings is 2. The lowest BCUT2D eigenvalue weighted by atomic mass is 10.1. The Morgan fingerprint density at radius 2 is 1.00 bits per heavy atom. The largest absolute Gasteiger partial charge is 0.372 e. The zero-order valence-corrected chi connectivity index (χ0v) is 16.4. The Balaban J connectivity index is 0.000000241. The molecule has 140 valence electrons. The molecule has 2 aliphatic heterocycles. The predicted molar refractivity (Wildman–Crippen MR) is 115 cm³/mol. The third kappa shape index (κ3) is 7.46. The van der Waals surface area contributed by atoms with Crippen molar-refractivity contribution in [2.75, 3.05) is 26.2 Å². The van der Waals surface area contributed by atoms with E-state index in [1.165, 1.54) is 11.1 Å². The standard InChI is InChI=1S/2C10H12N2.2ClH/c2*1-2-4-9(5-3-1)8-10-11-6-7-12-10;;/h2*1-5H,6-8H2,(H,11,12);2*1H. The molecule has 4 nitrogen and oxygen atoms in total. The average Bonchev–Trinajstić information content (AvgIpc) is 3.32. The molecule has 0 saturated heterocycles. The Kier molecular flexibility index (Phi) is 10.4. The second-order valence-electron chi connectivity index (χ2n) is 5.84. The maximum Gasteiger partial charge on any atom is 0.101 e. The summed E-state index contributed by atoms with van der Waals surface area (Å²) in [6, 6.07) is 20.8. The summed E-state index contributed by atoms with van der Waals surface area (Å²) >= 11 is 0. The SMILES string of the molecule is Cl.Cl.c1ccc(CC2=NCCN2)cc1.c1ccc(CC2=NCCN2)cc1. The zero-order valence-electron chi connectivity index (χ0n) is 14.7. The van der Waals surface area contributed by atoms with Gasteiger partial charge in [-0.2, -0.15) is 0 Å². The first-order valence-electron chi connectivity index (χ1n) is 8.52. The van der Waals surface area contributed by atoms with Crippen LogP contribution in [0.2, 0.25) is 0 Å². The molecule has 0 bridgehead atoms. The van der Waals surface area contributed by atoms with Crippen molar-refractivity contribution in [1.82, 2.24) is 10.6 Å². The fourth-order valence-corrected chi connectivity index (χ4v) is 2.71. The van der Waals surface area contributed by atoms with Gasteiger partial charge >= 0.3 is 0 Å². The maximum absolute atomic E-state index is 4.34. The van der Waals surface area contributed by atoms with Crippen LogP contribution in [0, 0.1) is 0 Å². The molecule has 0 unspecified atom stereocenters. The van der Waals surface area contributed by atoms with E-state index in [2.05, 4.69) is 69.1 Å². The second kappa shape index (κ2) is 12.3. The van der Waals surface area contributed by atoms with E-state index < -0.39 is 0 Å². The first-order valence-corrected chi connectivity index (χ1v) is 8.52. The molecule has 2 aromatic rings. The van der Waals surface area contributed by atoms with Gasteiger partial charge in [-0.15, -0.1) is 24.8 Å². The van der Waals surface area contributed by atoms with Gasteiger partial charge in [0.1, 0.15) is 11.7 Å². The van der Waals surface area contributed by atoms with Crippen LogP contribution in [0.5, 0.6) is 0 Å². The number of nitrogens with zero attached hydrogens (tertiary/aromatic N) is 2. The Morgan fingerprint density at radius 1 is 0.615 bits per heavy atom. The number of rotatable bonds is 4. The van der Waals surface area contributed by atoms with Gasteiger partial charge in [0, 0.05) is 25.9 Å². The molecule has 0 spiro atoms. The molecule has 2 aliphatic rings. The summed E-state index contributed by atoms with van der Waals surface area (Å²) in [4.78, 5) is 8.67. The van der Waals surface area contributed by atoms with E-state index in [0.717, 1.165) is 50.7 Å². The lowest BCUT2D eigenvalue weighted by Crippen LogP contribution is -2.20. The normalized spacial score (nSPS) is 14.3. The van der Waals surface area contributed by atoms with E-state index >= 15 is 0 Å². The van der Waals surface area contributed by atoms with Gasteiger partial charge in [0.15, 0.2) is 0 Å². The second-order valence-corrected chi connectivity index (χ2v) is 5.84. The summed E-state index contributed by atoms with van der Waals surface area (Å²) in [5.41, 5.74) is 2.65. The van der Waals surface area contributed by atoms with Gasteiger partial charge in [-0.3, -0.25) is 9.98 Å². The van der Waals surface area contributed by atoms with E-state index in [9.17, 15) is 0 Å². The lowest BCUT2D eigenvalue weighted by molar-refractivity contribution is 0.953. The number of halogens is 2. The number of hydrogen-bond acceptors (Lipinski definition) is 4. The van der Waals surface area contributed by atoms with Gasteiger partial charge in [-0.1, -0.05) is 60.7 Å². The third-order valence-corrected chi connectivity index (χ3v) is 3.92. The van der Waals surface area contributed by atoms with Crippen molar-refractivity contribution in [3.8, 4) is 0 Å². The topological polar surface area (TPSA) is 48.8 Å². The highest BCUT2D eigenvalue weighted by molar-refractivity contribution is 5.86. The molecule has 2 N–H and O–H groups in total. The molecule has 0 atom stereocenters. The van der Waals surface area contributed by atoms with Crippen LogP contribution in [0.25, 0.3) is 0 Å². The molecule has 0 aromatic heterocycles. The van der Waals surface area contributed by atoms with Gasteiger partial charge in [0.2, 0.25) is 0 Å². The smallest absolute Gasteiger partial charge is 0.101 e. The van der Waals surface area contributed by atoms with Gasteiger partial charge in [-0.05, 0) is 11.1 Å². The van der Waals surface area contributed by atoms with Crippen LogP contribution in [0.4, 0.5) is 0 Å². The van der Waals surface area contributed by atoms with Crippen molar-refractivity contribution in [3.05, 3.63) is 71.8 Å². The van der Waals surface area contributed by atoms with E-state index in [-0.39, 0.29) is 24.8 Å². The maximum atomic E-state index is 4.34. The molecule has 0 aliphatic carbocycles. The van der Waals surface area contributed by atoms with Crippen molar-refractivity contribution >= 4 is 36.5 Å². The van der Waals surface area contributed by atoms with Crippen LogP contribution in [-0.4, -0.2) is 37.9 Å². The highest BCUT2D eigenvalue weighted by atomic mass is 35.5. The van der Waals surface area contributed by atoms with Crippen LogP contribution in [0.3, 0.4) is 0 Å². The van der Waals surface area contributed by atoms with Gasteiger partial charge < -0.3 is 10.6 Å². The summed E-state index contributed by atoms with van der Waals surface area (Å²) in [7, 11) is 0. The zero-order chi connectivity index (χ0) is 16.5. The van der Waals surface area contributed by atoms with Crippen molar-refractivity contribution < 1.29 is 0 Å². The summed E-state index contributed by atoms with van der Waals surface area (Å²) in [6.07, 6.45) is 1.89. The van der Waals surface area contributed by atoms with Crippen LogP contribution < -0.4 is 10.6 Å². The van der Waals surface area contributed by atoms with E-state index in [1.807, 2.05) is 12.1 Å². The summed E-state index contributed by atoms with van der Waals surface area (Å²) < 4.78 is 0. The summed E-state index contributed by atoms with van der Waals surface area (Å²) in [5, 5.41) is 6.51. The molecule has 2 aromatic carbocycles. The van der Waals surface area contributed by atoms with E-state index in [1.54, 1.807) is 0 Å². The minimum absolute atomic E-state index is 0. The molecule has 0 fully saturated rings. The molecule has 26 heavy (non-hydrogen) atoms. The van der Waals surface area contributed by atoms with Crippen LogP contribution >= 0.6 is 24.8 Å². The number of aliphatic imine (C=N–C) groups is 2. The fourth-order valence-electron chi connectivity index (χ4n) is 2.71. The Bertz CT molecular complexity index is 626. The third-order valence-electron chi connectivity index (χ3n) is 3.92. The predicted octanol–water partition coefficient (Wildman–Crippen LogP) is 3.31. The fraction of sp³-hybridized carbons (Fsp3) is 0.300. The molecular weight excluding hydrogens is 367 g/mol. The molecule has 0 radical (unpaired) electrons. The minimum atomic E-state index is 0. The number of hydrogen-bond donors (Lipinski definition) is 2. The molecule has 6 heteroatoms. The first kappa shape index (κ1) is 22.0. The first-order chi connectivity index (χ1) is 11.9. The van der Waals surface area contributed by atoms with Crippen molar-refractivity contribution in [3.63, 3.8) is 0 Å². The average molecular weight is 393 g/mol. The van der Waals surface area contributed by atoms with E-state index in [4.69, 9.17) is 0 Å². The Hall–Kier alpha value is -2.04. The lowest BCUT2D eigenvalue weighted by Gasteiger charge is -2.00. The number of amidine groups is 2. The van der Waals surface area contributed by atoms with Gasteiger partial charge in [0.05, 0.1) is 13.1 Å². The quantitative estimate of drug-likeness (QED) is 0.838. The Morgan fingerprint density at radius 3 is 1.31 bits per heavy atom. The van der Waals surface area contributed by atoms with Crippen LogP contribution in [0.1, 0.15) is 11.1 Å². The molecule has 2 heterocycles.